The number of nitrogens with zero attached hydrogens (tertiary/aromatic N) is 5. The first kappa shape index (κ1) is 15.9. The molecule has 1 aliphatic rings. The van der Waals surface area contributed by atoms with E-state index in [0.29, 0.717) is 18.5 Å². The Morgan fingerprint density at radius 3 is 2.87 bits per heavy atom. The molecule has 0 aliphatic carbocycles. The zero-order valence-corrected chi connectivity index (χ0v) is 14.0. The molecule has 0 atom stereocenters. The van der Waals surface area contributed by atoms with Crippen LogP contribution in [0.2, 0.25) is 0 Å². The number of hydrogen-bond acceptors (Lipinski definition) is 9. The summed E-state index contributed by atoms with van der Waals surface area (Å²) < 4.78 is 14.5. The summed E-state index contributed by atoms with van der Waals surface area (Å²) in [7, 11) is 3.25. The van der Waals surface area contributed by atoms with Gasteiger partial charge in [-0.1, -0.05) is 0 Å². The molecular formula is C14H20N6O2S. The Morgan fingerprint density at radius 1 is 1.30 bits per heavy atom. The van der Waals surface area contributed by atoms with Gasteiger partial charge >= 0.3 is 0 Å². The summed E-state index contributed by atoms with van der Waals surface area (Å²) in [6.07, 6.45) is 3.55. The van der Waals surface area contributed by atoms with Crippen LogP contribution in [0.5, 0.6) is 5.88 Å². The number of piperidine rings is 1. The third kappa shape index (κ3) is 4.05. The zero-order chi connectivity index (χ0) is 16.1. The number of hydrogen-bond donors (Lipinski definition) is 1. The standard InChI is InChI=1S/C14H20N6O2S/c1-21-8-12-18-14(23-19-12)20-5-3-10(4-6-20)17-11-7-13(22-2)16-9-15-11/h7,9-10H,3-6,8H2,1-2H3,(H,15,16,17). The van der Waals surface area contributed by atoms with Crippen molar-refractivity contribution in [2.24, 2.45) is 0 Å². The van der Waals surface area contributed by atoms with Crippen molar-refractivity contribution in [3.63, 3.8) is 0 Å². The summed E-state index contributed by atoms with van der Waals surface area (Å²) in [4.78, 5) is 15.0. The molecule has 0 unspecified atom stereocenters. The topological polar surface area (TPSA) is 85.3 Å². The Balaban J connectivity index is 1.53. The fraction of sp³-hybridized carbons (Fsp3) is 0.571. The van der Waals surface area contributed by atoms with Crippen molar-refractivity contribution in [1.82, 2.24) is 19.3 Å². The zero-order valence-electron chi connectivity index (χ0n) is 13.2. The maximum Gasteiger partial charge on any atom is 0.218 e. The lowest BCUT2D eigenvalue weighted by molar-refractivity contribution is 0.179. The normalized spacial score (nSPS) is 15.7. The first-order valence-corrected chi connectivity index (χ1v) is 8.25. The van der Waals surface area contributed by atoms with E-state index in [2.05, 4.69) is 29.5 Å². The predicted molar refractivity (Wildman–Crippen MR) is 88.1 cm³/mol. The molecule has 0 radical (unpaired) electrons. The first-order chi connectivity index (χ1) is 11.3. The van der Waals surface area contributed by atoms with Gasteiger partial charge in [-0.15, -0.1) is 0 Å². The second-order valence-electron chi connectivity index (χ2n) is 5.28. The molecule has 0 saturated carbocycles. The average molecular weight is 336 g/mol. The highest BCUT2D eigenvalue weighted by Gasteiger charge is 2.22. The molecule has 8 nitrogen and oxygen atoms in total. The molecule has 1 N–H and O–H groups in total. The number of methoxy groups -OCH3 is 2. The highest BCUT2D eigenvalue weighted by Crippen LogP contribution is 2.23. The molecule has 1 saturated heterocycles. The molecule has 3 rings (SSSR count). The van der Waals surface area contributed by atoms with Gasteiger partial charge in [0.2, 0.25) is 11.0 Å². The quantitative estimate of drug-likeness (QED) is 0.851. The lowest BCUT2D eigenvalue weighted by Gasteiger charge is -2.32. The van der Waals surface area contributed by atoms with Crippen LogP contribution in [0, 0.1) is 0 Å². The third-order valence-corrected chi connectivity index (χ3v) is 4.51. The van der Waals surface area contributed by atoms with Gasteiger partial charge in [-0.2, -0.15) is 4.37 Å². The van der Waals surface area contributed by atoms with Gasteiger partial charge in [0.05, 0.1) is 7.11 Å². The Hall–Kier alpha value is -2.00. The van der Waals surface area contributed by atoms with Crippen LogP contribution in [0.15, 0.2) is 12.4 Å². The maximum absolute atomic E-state index is 5.12. The predicted octanol–water partition coefficient (Wildman–Crippen LogP) is 1.56. The van der Waals surface area contributed by atoms with Crippen LogP contribution < -0.4 is 15.0 Å². The molecule has 1 aliphatic heterocycles. The van der Waals surface area contributed by atoms with Crippen LogP contribution in [-0.4, -0.2) is 52.7 Å². The van der Waals surface area contributed by atoms with E-state index >= 15 is 0 Å². The minimum atomic E-state index is 0.386. The van der Waals surface area contributed by atoms with Gasteiger partial charge in [-0.05, 0) is 12.8 Å². The summed E-state index contributed by atoms with van der Waals surface area (Å²) in [5, 5.41) is 4.41. The van der Waals surface area contributed by atoms with E-state index in [1.165, 1.54) is 17.9 Å². The highest BCUT2D eigenvalue weighted by molar-refractivity contribution is 7.09. The lowest BCUT2D eigenvalue weighted by atomic mass is 10.1. The van der Waals surface area contributed by atoms with E-state index < -0.39 is 0 Å². The molecule has 3 heterocycles. The van der Waals surface area contributed by atoms with Gasteiger partial charge in [-0.3, -0.25) is 0 Å². The van der Waals surface area contributed by atoms with E-state index in [0.717, 1.165) is 42.7 Å². The largest absolute Gasteiger partial charge is 0.481 e. The van der Waals surface area contributed by atoms with Gasteiger partial charge in [-0.25, -0.2) is 15.0 Å². The molecule has 1 fully saturated rings. The second-order valence-corrected chi connectivity index (χ2v) is 6.01. The van der Waals surface area contributed by atoms with Gasteiger partial charge in [0.1, 0.15) is 18.8 Å². The minimum absolute atomic E-state index is 0.386. The molecule has 0 amide bonds. The average Bonchev–Trinajstić information content (AvgIpc) is 3.05. The molecule has 9 heteroatoms. The molecular weight excluding hydrogens is 316 g/mol. The molecule has 0 spiro atoms. The van der Waals surface area contributed by atoms with E-state index in [-0.39, 0.29) is 0 Å². The summed E-state index contributed by atoms with van der Waals surface area (Å²) in [6.45, 7) is 2.35. The Bertz CT molecular complexity index is 629. The Kier molecular flexibility index (Phi) is 5.19. The monoisotopic (exact) mass is 336 g/mol. The molecule has 2 aromatic heterocycles. The van der Waals surface area contributed by atoms with E-state index in [4.69, 9.17) is 9.47 Å². The van der Waals surface area contributed by atoms with Crippen molar-refractivity contribution in [3.8, 4) is 5.88 Å². The van der Waals surface area contributed by atoms with Crippen LogP contribution in [-0.2, 0) is 11.3 Å². The molecule has 2 aromatic rings. The second kappa shape index (κ2) is 7.51. The number of anilines is 2. The van der Waals surface area contributed by atoms with Gasteiger partial charge in [0.25, 0.3) is 0 Å². The third-order valence-electron chi connectivity index (χ3n) is 3.70. The van der Waals surface area contributed by atoms with Crippen molar-refractivity contribution in [2.45, 2.75) is 25.5 Å². The Labute approximate surface area is 139 Å². The van der Waals surface area contributed by atoms with Crippen LogP contribution in [0.4, 0.5) is 10.9 Å². The van der Waals surface area contributed by atoms with E-state index in [1.807, 2.05) is 6.07 Å². The van der Waals surface area contributed by atoms with Crippen LogP contribution in [0.3, 0.4) is 0 Å². The van der Waals surface area contributed by atoms with E-state index in [9.17, 15) is 0 Å². The highest BCUT2D eigenvalue weighted by atomic mass is 32.1. The molecule has 0 bridgehead atoms. The summed E-state index contributed by atoms with van der Waals surface area (Å²) in [5.74, 6) is 2.12. The van der Waals surface area contributed by atoms with Crippen molar-refractivity contribution < 1.29 is 9.47 Å². The van der Waals surface area contributed by atoms with Gasteiger partial charge in [0, 0.05) is 43.8 Å². The van der Waals surface area contributed by atoms with Crippen molar-refractivity contribution in [3.05, 3.63) is 18.2 Å². The van der Waals surface area contributed by atoms with Crippen molar-refractivity contribution >= 4 is 22.5 Å². The molecule has 0 aromatic carbocycles. The van der Waals surface area contributed by atoms with E-state index in [1.54, 1.807) is 14.2 Å². The van der Waals surface area contributed by atoms with Crippen molar-refractivity contribution in [1.29, 1.82) is 0 Å². The van der Waals surface area contributed by atoms with Crippen LogP contribution >= 0.6 is 11.5 Å². The summed E-state index contributed by atoms with van der Waals surface area (Å²) in [6, 6.07) is 2.20. The minimum Gasteiger partial charge on any atom is -0.481 e. The molecule has 124 valence electrons. The lowest BCUT2D eigenvalue weighted by Crippen LogP contribution is -2.39. The first-order valence-electron chi connectivity index (χ1n) is 7.47. The SMILES string of the molecule is COCc1nsc(N2CCC(Nc3cc(OC)ncn3)CC2)n1. The fourth-order valence-corrected chi connectivity index (χ4v) is 3.24. The van der Waals surface area contributed by atoms with Crippen LogP contribution in [0.25, 0.3) is 0 Å². The van der Waals surface area contributed by atoms with Crippen molar-refractivity contribution in [2.75, 3.05) is 37.5 Å². The fourth-order valence-electron chi connectivity index (χ4n) is 2.52. The number of aromatic nitrogens is 4. The smallest absolute Gasteiger partial charge is 0.218 e. The summed E-state index contributed by atoms with van der Waals surface area (Å²) in [5.41, 5.74) is 0. The van der Waals surface area contributed by atoms with Gasteiger partial charge in [0.15, 0.2) is 5.82 Å². The van der Waals surface area contributed by atoms with Crippen LogP contribution in [0.1, 0.15) is 18.7 Å². The van der Waals surface area contributed by atoms with Gasteiger partial charge < -0.3 is 19.7 Å². The number of nitrogens with one attached hydrogen (secondary N) is 1. The Morgan fingerprint density at radius 2 is 2.13 bits per heavy atom. The molecule has 23 heavy (non-hydrogen) atoms. The summed E-state index contributed by atoms with van der Waals surface area (Å²) >= 11 is 1.43. The maximum atomic E-state index is 5.12. The number of ether oxygens (including phenoxy) is 2. The number of rotatable bonds is 6.